The van der Waals surface area contributed by atoms with Crippen LogP contribution < -0.4 is 9.80 Å². The van der Waals surface area contributed by atoms with Crippen molar-refractivity contribution in [3.63, 3.8) is 0 Å². The monoisotopic (exact) mass is 673 g/mol. The number of nitrogens with zero attached hydrogens (tertiary/aromatic N) is 2. The van der Waals surface area contributed by atoms with Crippen LogP contribution in [0.4, 0.5) is 11.4 Å². The molecule has 2 aromatic rings. The largest absolute Gasteiger partial charge is 0.352 e. The van der Waals surface area contributed by atoms with E-state index < -0.39 is 0 Å². The normalized spacial score (nSPS) is 15.2. The maximum atomic E-state index is 2.79. The lowest BCUT2D eigenvalue weighted by molar-refractivity contribution is 0.404. The molecule has 2 nitrogen and oxygen atoms in total. The molecule has 278 valence electrons. The quantitative estimate of drug-likeness (QED) is 0.155. The Labute approximate surface area is 306 Å². The van der Waals surface area contributed by atoms with Crippen molar-refractivity contribution in [2.75, 3.05) is 29.6 Å². The fraction of sp³-hybridized carbons (Fsp3) is 0.745. The smallest absolute Gasteiger partial charge is 0.0904 e. The molecule has 0 bridgehead atoms. The fourth-order valence-corrected chi connectivity index (χ4v) is 8.04. The summed E-state index contributed by atoms with van der Waals surface area (Å²) in [4.78, 5) is 5.59. The highest BCUT2D eigenvalue weighted by Gasteiger charge is 2.38. The van der Waals surface area contributed by atoms with Gasteiger partial charge in [0.2, 0.25) is 0 Å². The summed E-state index contributed by atoms with van der Waals surface area (Å²) < 4.78 is 0. The Kier molecular flexibility index (Phi) is 14.0. The van der Waals surface area contributed by atoms with Gasteiger partial charge in [0, 0.05) is 24.5 Å². The molecule has 0 N–H and O–H groups in total. The van der Waals surface area contributed by atoms with E-state index >= 15 is 0 Å². The van der Waals surface area contributed by atoms with Crippen molar-refractivity contribution in [2.45, 2.75) is 184 Å². The summed E-state index contributed by atoms with van der Waals surface area (Å²) in [6.07, 6.45) is 9.89. The Balaban J connectivity index is 2.21. The van der Waals surface area contributed by atoms with E-state index in [-0.39, 0.29) is 21.7 Å². The minimum absolute atomic E-state index is 0.109. The van der Waals surface area contributed by atoms with Gasteiger partial charge < -0.3 is 9.80 Å². The van der Waals surface area contributed by atoms with Gasteiger partial charge in [-0.3, -0.25) is 0 Å². The van der Waals surface area contributed by atoms with Crippen LogP contribution in [0.5, 0.6) is 0 Å². The lowest BCUT2D eigenvalue weighted by atomic mass is 9.72. The van der Waals surface area contributed by atoms with Crippen LogP contribution in [0.1, 0.15) is 184 Å². The summed E-state index contributed by atoms with van der Waals surface area (Å²) in [5.74, 6) is 2.85. The number of anilines is 2. The van der Waals surface area contributed by atoms with Crippen molar-refractivity contribution in [3.05, 3.63) is 58.7 Å². The molecule has 1 aliphatic rings. The van der Waals surface area contributed by atoms with E-state index in [9.17, 15) is 0 Å². The second kappa shape index (κ2) is 16.6. The van der Waals surface area contributed by atoms with Gasteiger partial charge in [0.15, 0.2) is 0 Å². The van der Waals surface area contributed by atoms with Gasteiger partial charge in [-0.2, -0.15) is 0 Å². The molecule has 2 aromatic carbocycles. The molecule has 0 radical (unpaired) electrons. The van der Waals surface area contributed by atoms with E-state index in [4.69, 9.17) is 0 Å². The number of rotatable bonds is 18. The number of benzene rings is 2. The van der Waals surface area contributed by atoms with Crippen molar-refractivity contribution in [3.8, 4) is 0 Å². The molecule has 0 aromatic heterocycles. The first kappa shape index (κ1) is 41.5. The van der Waals surface area contributed by atoms with E-state index in [0.717, 1.165) is 19.8 Å². The molecule has 0 saturated carbocycles. The molecule has 1 fully saturated rings. The summed E-state index contributed by atoms with van der Waals surface area (Å²) in [5.41, 5.74) is 9.70. The van der Waals surface area contributed by atoms with Crippen molar-refractivity contribution < 1.29 is 0 Å². The maximum Gasteiger partial charge on any atom is 0.0904 e. The van der Waals surface area contributed by atoms with E-state index in [0.29, 0.717) is 23.7 Å². The molecule has 2 heteroatoms. The van der Waals surface area contributed by atoms with E-state index in [1.165, 1.54) is 62.7 Å². The first-order valence-electron chi connectivity index (χ1n) is 20.4. The van der Waals surface area contributed by atoms with E-state index in [1.807, 2.05) is 0 Å². The molecule has 0 amide bonds. The second-order valence-corrected chi connectivity index (χ2v) is 20.3. The first-order valence-corrected chi connectivity index (χ1v) is 20.4. The van der Waals surface area contributed by atoms with Crippen LogP contribution in [0.15, 0.2) is 36.4 Å². The highest BCUT2D eigenvalue weighted by atomic mass is 15.4. The maximum absolute atomic E-state index is 2.79. The number of hydrogen-bond donors (Lipinski definition) is 0. The van der Waals surface area contributed by atoms with Gasteiger partial charge in [-0.25, -0.2) is 0 Å². The standard InChI is InChI=1S/C47H80N2/c1-34(2)23-27-44(9,10)38-19-17-20-39(45(11,12)28-24-35(3)4)42(38)48-31-32-49(33-48)43-40(46(13,14)29-25-36(5)6)21-18-22-41(43)47(15,16)30-26-37(7)8/h17-22,34-37H,23-33H2,1-16H3. The topological polar surface area (TPSA) is 6.48 Å². The average Bonchev–Trinajstić information content (AvgIpc) is 3.50. The molecule has 1 saturated heterocycles. The van der Waals surface area contributed by atoms with Gasteiger partial charge in [0.1, 0.15) is 0 Å². The molecule has 1 heterocycles. The molecular formula is C47H80N2. The Morgan fingerprint density at radius 2 is 0.653 bits per heavy atom. The molecule has 0 unspecified atom stereocenters. The van der Waals surface area contributed by atoms with Gasteiger partial charge in [-0.05, 0) is 93.3 Å². The zero-order chi connectivity index (χ0) is 36.9. The van der Waals surface area contributed by atoms with Gasteiger partial charge in [0.25, 0.3) is 0 Å². The Bertz CT molecular complexity index is 1140. The first-order chi connectivity index (χ1) is 22.6. The minimum Gasteiger partial charge on any atom is -0.352 e. The van der Waals surface area contributed by atoms with Crippen molar-refractivity contribution in [2.24, 2.45) is 23.7 Å². The molecule has 3 rings (SSSR count). The predicted octanol–water partition coefficient (Wildman–Crippen LogP) is 13.8. The lowest BCUT2D eigenvalue weighted by Crippen LogP contribution is -2.34. The molecule has 0 spiro atoms. The Hall–Kier alpha value is -1.96. The van der Waals surface area contributed by atoms with E-state index in [2.05, 4.69) is 157 Å². The third-order valence-electron chi connectivity index (χ3n) is 12.0. The summed E-state index contributed by atoms with van der Waals surface area (Å²) in [7, 11) is 0. The Morgan fingerprint density at radius 1 is 0.429 bits per heavy atom. The van der Waals surface area contributed by atoms with Crippen molar-refractivity contribution in [1.82, 2.24) is 0 Å². The van der Waals surface area contributed by atoms with Crippen LogP contribution in [-0.4, -0.2) is 19.8 Å². The second-order valence-electron chi connectivity index (χ2n) is 20.3. The van der Waals surface area contributed by atoms with Gasteiger partial charge in [-0.1, -0.05) is 173 Å². The van der Waals surface area contributed by atoms with Gasteiger partial charge >= 0.3 is 0 Å². The summed E-state index contributed by atoms with van der Waals surface area (Å²) in [6, 6.07) is 14.7. The number of hydrogen-bond acceptors (Lipinski definition) is 2. The zero-order valence-corrected chi connectivity index (χ0v) is 35.4. The minimum atomic E-state index is 0.109. The van der Waals surface area contributed by atoms with Crippen LogP contribution in [-0.2, 0) is 21.7 Å². The third-order valence-corrected chi connectivity index (χ3v) is 12.0. The Morgan fingerprint density at radius 3 is 0.857 bits per heavy atom. The van der Waals surface area contributed by atoms with Crippen LogP contribution >= 0.6 is 0 Å². The van der Waals surface area contributed by atoms with Crippen LogP contribution in [0.3, 0.4) is 0 Å². The summed E-state index contributed by atoms with van der Waals surface area (Å²) in [5, 5.41) is 0. The summed E-state index contributed by atoms with van der Waals surface area (Å²) in [6.45, 7) is 42.2. The third kappa shape index (κ3) is 10.8. The number of para-hydroxylation sites is 2. The zero-order valence-electron chi connectivity index (χ0n) is 35.4. The fourth-order valence-electron chi connectivity index (χ4n) is 8.04. The van der Waals surface area contributed by atoms with Crippen molar-refractivity contribution >= 4 is 11.4 Å². The van der Waals surface area contributed by atoms with Crippen molar-refractivity contribution in [1.29, 1.82) is 0 Å². The van der Waals surface area contributed by atoms with Crippen LogP contribution in [0.2, 0.25) is 0 Å². The van der Waals surface area contributed by atoms with Gasteiger partial charge in [-0.15, -0.1) is 0 Å². The predicted molar refractivity (Wildman–Crippen MR) is 221 cm³/mol. The summed E-state index contributed by atoms with van der Waals surface area (Å²) >= 11 is 0. The molecule has 0 atom stereocenters. The lowest BCUT2D eigenvalue weighted by Gasteiger charge is -2.39. The molecule has 1 aliphatic heterocycles. The van der Waals surface area contributed by atoms with Crippen LogP contribution in [0, 0.1) is 23.7 Å². The van der Waals surface area contributed by atoms with Gasteiger partial charge in [0.05, 0.1) is 6.67 Å². The van der Waals surface area contributed by atoms with E-state index in [1.54, 1.807) is 22.3 Å². The molecule has 49 heavy (non-hydrogen) atoms. The average molecular weight is 673 g/mol. The molecule has 0 aliphatic carbocycles. The highest BCUT2D eigenvalue weighted by Crippen LogP contribution is 2.48. The molecular weight excluding hydrogens is 593 g/mol. The highest BCUT2D eigenvalue weighted by molar-refractivity contribution is 5.70. The van der Waals surface area contributed by atoms with Crippen LogP contribution in [0.25, 0.3) is 0 Å². The SMILES string of the molecule is CC(C)CCC(C)(C)c1cccc(C(C)(C)CCC(C)C)c1N1CCN(c2c(C(C)(C)CCC(C)C)cccc2C(C)(C)CCC(C)C)C1.